The van der Waals surface area contributed by atoms with Gasteiger partial charge >= 0.3 is 6.18 Å². The molecule has 17 heavy (non-hydrogen) atoms. The molecule has 0 aliphatic rings. The summed E-state index contributed by atoms with van der Waals surface area (Å²) in [7, 11) is 0. The Bertz CT molecular complexity index is 371. The van der Waals surface area contributed by atoms with E-state index in [0.717, 1.165) is 0 Å². The maximum Gasteiger partial charge on any atom is 0.406 e. The van der Waals surface area contributed by atoms with Crippen molar-refractivity contribution in [3.05, 3.63) is 24.3 Å². The zero-order chi connectivity index (χ0) is 12.9. The summed E-state index contributed by atoms with van der Waals surface area (Å²) in [6, 6.07) is 0. The highest BCUT2D eigenvalue weighted by atomic mass is 79.9. The lowest BCUT2D eigenvalue weighted by atomic mass is 10.3. The second-order valence-corrected chi connectivity index (χ2v) is 3.95. The van der Waals surface area contributed by atoms with Crippen LogP contribution in [0.1, 0.15) is 10.4 Å². The molecule has 4 nitrogen and oxygen atoms in total. The predicted octanol–water partition coefficient (Wildman–Crippen LogP) is 1.88. The third-order valence-corrected chi connectivity index (χ3v) is 2.17. The summed E-state index contributed by atoms with van der Waals surface area (Å²) in [5.41, 5.74) is 0.0395. The van der Waals surface area contributed by atoms with Crippen molar-refractivity contribution in [1.29, 1.82) is 0 Å². The summed E-state index contributed by atoms with van der Waals surface area (Å²) >= 11 is 3.01. The van der Waals surface area contributed by atoms with Crippen molar-refractivity contribution in [2.24, 2.45) is 0 Å². The molecule has 1 heterocycles. The summed E-state index contributed by atoms with van der Waals surface area (Å²) in [4.78, 5) is 19.6. The molecule has 1 rings (SSSR count). The number of halogens is 4. The summed E-state index contributed by atoms with van der Waals surface area (Å²) in [6.45, 7) is -1.32. The minimum Gasteiger partial charge on any atom is -0.329 e. The Hall–Kier alpha value is -1.18. The normalized spacial score (nSPS) is 11.3. The first-order chi connectivity index (χ1) is 7.94. The third-order valence-electron chi connectivity index (χ3n) is 1.82. The van der Waals surface area contributed by atoms with E-state index in [9.17, 15) is 18.0 Å². The molecule has 1 aromatic heterocycles. The first kappa shape index (κ1) is 13.9. The average Bonchev–Trinajstić information content (AvgIpc) is 2.27. The second kappa shape index (κ2) is 5.95. The fourth-order valence-corrected chi connectivity index (χ4v) is 1.59. The van der Waals surface area contributed by atoms with Gasteiger partial charge in [-0.2, -0.15) is 13.2 Å². The second-order valence-electron chi connectivity index (χ2n) is 3.16. The Morgan fingerprint density at radius 2 is 1.94 bits per heavy atom. The number of nitrogens with zero attached hydrogens (tertiary/aromatic N) is 3. The van der Waals surface area contributed by atoms with E-state index < -0.39 is 18.6 Å². The van der Waals surface area contributed by atoms with Crippen molar-refractivity contribution in [2.45, 2.75) is 6.18 Å². The number of rotatable bonds is 4. The van der Waals surface area contributed by atoms with Gasteiger partial charge in [-0.1, -0.05) is 15.9 Å². The van der Waals surface area contributed by atoms with Gasteiger partial charge < -0.3 is 4.90 Å². The molecule has 1 aromatic rings. The Morgan fingerprint density at radius 1 is 1.35 bits per heavy atom. The van der Waals surface area contributed by atoms with Crippen LogP contribution < -0.4 is 0 Å². The summed E-state index contributed by atoms with van der Waals surface area (Å²) in [6.07, 6.45) is -0.845. The van der Waals surface area contributed by atoms with Gasteiger partial charge in [0.2, 0.25) is 0 Å². The Morgan fingerprint density at radius 3 is 2.41 bits per heavy atom. The van der Waals surface area contributed by atoms with Crippen LogP contribution in [0.5, 0.6) is 0 Å². The lowest BCUT2D eigenvalue weighted by Crippen LogP contribution is -2.40. The molecule has 94 valence electrons. The monoisotopic (exact) mass is 311 g/mol. The minimum atomic E-state index is -4.42. The van der Waals surface area contributed by atoms with Gasteiger partial charge in [0.05, 0.1) is 5.56 Å². The zero-order valence-electron chi connectivity index (χ0n) is 8.62. The van der Waals surface area contributed by atoms with Crippen LogP contribution in [0.3, 0.4) is 0 Å². The van der Waals surface area contributed by atoms with Crippen LogP contribution in [0.25, 0.3) is 0 Å². The van der Waals surface area contributed by atoms with Crippen molar-refractivity contribution < 1.29 is 18.0 Å². The van der Waals surface area contributed by atoms with Crippen LogP contribution in [-0.4, -0.2) is 45.4 Å². The molecule has 0 saturated heterocycles. The van der Waals surface area contributed by atoms with Gasteiger partial charge in [-0.05, 0) is 0 Å². The molecule has 0 fully saturated rings. The number of carbonyl (C=O) groups is 1. The molecule has 0 spiro atoms. The standard InChI is InChI=1S/C9H9BrF3N3O/c10-1-2-16(5-9(11,12)13)8(17)7-3-14-6-15-4-7/h3-4,6H,1-2,5H2. The number of carbonyl (C=O) groups excluding carboxylic acids is 1. The van der Waals surface area contributed by atoms with Gasteiger partial charge in [0.1, 0.15) is 12.9 Å². The van der Waals surface area contributed by atoms with E-state index in [1.807, 2.05) is 0 Å². The molecule has 0 radical (unpaired) electrons. The van der Waals surface area contributed by atoms with Gasteiger partial charge in [0.15, 0.2) is 0 Å². The highest BCUT2D eigenvalue weighted by Crippen LogP contribution is 2.17. The van der Waals surface area contributed by atoms with E-state index in [1.54, 1.807) is 0 Å². The van der Waals surface area contributed by atoms with Crippen LogP contribution in [0.15, 0.2) is 18.7 Å². The topological polar surface area (TPSA) is 46.1 Å². The Balaban J connectivity index is 2.81. The molecule has 0 aliphatic heterocycles. The Kier molecular flexibility index (Phi) is 4.86. The van der Waals surface area contributed by atoms with Crippen molar-refractivity contribution in [1.82, 2.24) is 14.9 Å². The number of hydrogen-bond donors (Lipinski definition) is 0. The summed E-state index contributed by atoms with van der Waals surface area (Å²) in [5, 5.41) is 0.266. The highest BCUT2D eigenvalue weighted by Gasteiger charge is 2.33. The quantitative estimate of drug-likeness (QED) is 0.798. The SMILES string of the molecule is O=C(c1cncnc1)N(CCBr)CC(F)(F)F. The summed E-state index contributed by atoms with van der Waals surface area (Å²) < 4.78 is 36.8. The van der Waals surface area contributed by atoms with Crippen LogP contribution in [-0.2, 0) is 0 Å². The molecule has 0 bridgehead atoms. The van der Waals surface area contributed by atoms with Crippen molar-refractivity contribution in [3.63, 3.8) is 0 Å². The van der Waals surface area contributed by atoms with Gasteiger partial charge in [-0.3, -0.25) is 4.79 Å². The number of hydrogen-bond acceptors (Lipinski definition) is 3. The van der Waals surface area contributed by atoms with E-state index >= 15 is 0 Å². The molecular formula is C9H9BrF3N3O. The van der Waals surface area contributed by atoms with Crippen LogP contribution in [0, 0.1) is 0 Å². The Labute approximate surface area is 104 Å². The van der Waals surface area contributed by atoms with E-state index in [-0.39, 0.29) is 17.4 Å². The van der Waals surface area contributed by atoms with Gasteiger partial charge in [0, 0.05) is 24.3 Å². The molecule has 0 aliphatic carbocycles. The molecule has 0 saturated carbocycles. The van der Waals surface area contributed by atoms with Crippen LogP contribution >= 0.6 is 15.9 Å². The molecular weight excluding hydrogens is 303 g/mol. The van der Waals surface area contributed by atoms with Crippen molar-refractivity contribution in [2.75, 3.05) is 18.4 Å². The lowest BCUT2D eigenvalue weighted by molar-refractivity contribution is -0.140. The van der Waals surface area contributed by atoms with E-state index in [1.165, 1.54) is 18.7 Å². The molecule has 1 amide bonds. The van der Waals surface area contributed by atoms with E-state index in [0.29, 0.717) is 4.90 Å². The third kappa shape index (κ3) is 4.68. The summed E-state index contributed by atoms with van der Waals surface area (Å²) in [5.74, 6) is -0.734. The molecule has 0 N–H and O–H groups in total. The number of amides is 1. The van der Waals surface area contributed by atoms with Gasteiger partial charge in [-0.25, -0.2) is 9.97 Å². The first-order valence-electron chi connectivity index (χ1n) is 4.61. The minimum absolute atomic E-state index is 0.0345. The molecule has 0 unspecified atom stereocenters. The maximum atomic E-state index is 12.3. The van der Waals surface area contributed by atoms with Crippen LogP contribution in [0.4, 0.5) is 13.2 Å². The zero-order valence-corrected chi connectivity index (χ0v) is 10.2. The first-order valence-corrected chi connectivity index (χ1v) is 5.73. The molecule has 0 aromatic carbocycles. The predicted molar refractivity (Wildman–Crippen MR) is 57.8 cm³/mol. The van der Waals surface area contributed by atoms with Gasteiger partial charge in [0.25, 0.3) is 5.91 Å². The highest BCUT2D eigenvalue weighted by molar-refractivity contribution is 9.09. The maximum absolute atomic E-state index is 12.3. The lowest BCUT2D eigenvalue weighted by Gasteiger charge is -2.22. The fraction of sp³-hybridized carbons (Fsp3) is 0.444. The molecule has 0 atom stereocenters. The smallest absolute Gasteiger partial charge is 0.329 e. The van der Waals surface area contributed by atoms with E-state index in [4.69, 9.17) is 0 Å². The number of aromatic nitrogens is 2. The van der Waals surface area contributed by atoms with Crippen molar-refractivity contribution in [3.8, 4) is 0 Å². The van der Waals surface area contributed by atoms with Crippen molar-refractivity contribution >= 4 is 21.8 Å². The average molecular weight is 312 g/mol. The fourth-order valence-electron chi connectivity index (χ4n) is 1.16. The van der Waals surface area contributed by atoms with Gasteiger partial charge in [-0.15, -0.1) is 0 Å². The number of alkyl halides is 4. The largest absolute Gasteiger partial charge is 0.406 e. The van der Waals surface area contributed by atoms with Crippen LogP contribution in [0.2, 0.25) is 0 Å². The van der Waals surface area contributed by atoms with E-state index in [2.05, 4.69) is 25.9 Å². The molecule has 8 heteroatoms.